The Hall–Kier alpha value is -1.84. The molecule has 20 heavy (non-hydrogen) atoms. The van der Waals surface area contributed by atoms with E-state index in [0.29, 0.717) is 37.4 Å². The topological polar surface area (TPSA) is 78.5 Å². The zero-order chi connectivity index (χ0) is 14.7. The standard InChI is InChI=1S/C14H19N3O3/c1-3-17-13(18)11(8-15)10(2)12(14(17)19)9-16-4-6-20-7-5-16/h19H,3-7,9H2,1-2H3. The number of pyridine rings is 1. The molecule has 6 nitrogen and oxygen atoms in total. The van der Waals surface area contributed by atoms with Crippen LogP contribution in [0.15, 0.2) is 4.79 Å². The summed E-state index contributed by atoms with van der Waals surface area (Å²) >= 11 is 0. The number of nitriles is 1. The van der Waals surface area contributed by atoms with E-state index >= 15 is 0 Å². The van der Waals surface area contributed by atoms with Gasteiger partial charge in [-0.1, -0.05) is 0 Å². The third kappa shape index (κ3) is 2.55. The second-order valence-electron chi connectivity index (χ2n) is 4.85. The van der Waals surface area contributed by atoms with Gasteiger partial charge in [0.25, 0.3) is 5.56 Å². The molecule has 2 heterocycles. The molecule has 1 saturated heterocycles. The highest BCUT2D eigenvalue weighted by molar-refractivity contribution is 5.45. The van der Waals surface area contributed by atoms with Crippen molar-refractivity contribution in [3.05, 3.63) is 27.0 Å². The molecule has 0 atom stereocenters. The Labute approximate surface area is 117 Å². The molecular formula is C14H19N3O3. The molecule has 1 aromatic heterocycles. The molecule has 0 unspecified atom stereocenters. The van der Waals surface area contributed by atoms with Crippen LogP contribution in [0.2, 0.25) is 0 Å². The second kappa shape index (κ2) is 6.07. The van der Waals surface area contributed by atoms with E-state index < -0.39 is 5.56 Å². The number of aromatic hydroxyl groups is 1. The minimum Gasteiger partial charge on any atom is -0.494 e. The molecule has 6 heteroatoms. The first-order valence-corrected chi connectivity index (χ1v) is 6.75. The Morgan fingerprint density at radius 1 is 1.40 bits per heavy atom. The summed E-state index contributed by atoms with van der Waals surface area (Å²) in [6, 6.07) is 1.96. The lowest BCUT2D eigenvalue weighted by Crippen LogP contribution is -2.36. The summed E-state index contributed by atoms with van der Waals surface area (Å²) in [5.41, 5.74) is 0.930. The van der Waals surface area contributed by atoms with E-state index in [4.69, 9.17) is 10.00 Å². The molecule has 0 spiro atoms. The first-order valence-electron chi connectivity index (χ1n) is 6.75. The Kier molecular flexibility index (Phi) is 4.42. The van der Waals surface area contributed by atoms with Crippen LogP contribution in [0.4, 0.5) is 0 Å². The molecule has 0 aromatic carbocycles. The fourth-order valence-corrected chi connectivity index (χ4v) is 2.47. The van der Waals surface area contributed by atoms with Gasteiger partial charge in [0.05, 0.1) is 13.2 Å². The van der Waals surface area contributed by atoms with E-state index in [9.17, 15) is 9.90 Å². The van der Waals surface area contributed by atoms with Gasteiger partial charge in [-0.15, -0.1) is 0 Å². The smallest absolute Gasteiger partial charge is 0.271 e. The van der Waals surface area contributed by atoms with Crippen molar-refractivity contribution in [1.29, 1.82) is 5.26 Å². The predicted octanol–water partition coefficient (Wildman–Crippen LogP) is 0.586. The van der Waals surface area contributed by atoms with Gasteiger partial charge in [-0.25, -0.2) is 0 Å². The lowest BCUT2D eigenvalue weighted by Gasteiger charge is -2.28. The van der Waals surface area contributed by atoms with Gasteiger partial charge in [0, 0.05) is 31.7 Å². The maximum absolute atomic E-state index is 12.1. The molecule has 1 aromatic rings. The molecule has 0 bridgehead atoms. The number of morpholine rings is 1. The average molecular weight is 277 g/mol. The monoisotopic (exact) mass is 277 g/mol. The zero-order valence-electron chi connectivity index (χ0n) is 11.8. The van der Waals surface area contributed by atoms with Gasteiger partial charge >= 0.3 is 0 Å². The summed E-state index contributed by atoms with van der Waals surface area (Å²) in [6.45, 7) is 7.26. The molecule has 0 radical (unpaired) electrons. The molecule has 1 fully saturated rings. The molecule has 0 amide bonds. The highest BCUT2D eigenvalue weighted by atomic mass is 16.5. The predicted molar refractivity (Wildman–Crippen MR) is 73.6 cm³/mol. The number of nitrogens with zero attached hydrogens (tertiary/aromatic N) is 3. The van der Waals surface area contributed by atoms with Gasteiger partial charge in [-0.3, -0.25) is 14.3 Å². The van der Waals surface area contributed by atoms with Crippen LogP contribution in [0, 0.1) is 18.3 Å². The van der Waals surface area contributed by atoms with Crippen LogP contribution in [-0.4, -0.2) is 40.9 Å². The molecule has 0 aliphatic carbocycles. The summed E-state index contributed by atoms with van der Waals surface area (Å²) in [6.07, 6.45) is 0. The van der Waals surface area contributed by atoms with E-state index in [0.717, 1.165) is 13.1 Å². The van der Waals surface area contributed by atoms with Crippen molar-refractivity contribution in [1.82, 2.24) is 9.47 Å². The van der Waals surface area contributed by atoms with Crippen molar-refractivity contribution < 1.29 is 9.84 Å². The number of hydrogen-bond donors (Lipinski definition) is 1. The Morgan fingerprint density at radius 3 is 2.60 bits per heavy atom. The fourth-order valence-electron chi connectivity index (χ4n) is 2.47. The van der Waals surface area contributed by atoms with Crippen LogP contribution < -0.4 is 5.56 Å². The number of aromatic nitrogens is 1. The molecule has 2 rings (SSSR count). The highest BCUT2D eigenvalue weighted by Crippen LogP contribution is 2.23. The van der Waals surface area contributed by atoms with Crippen molar-refractivity contribution in [2.75, 3.05) is 26.3 Å². The van der Waals surface area contributed by atoms with E-state index in [1.807, 2.05) is 6.07 Å². The number of ether oxygens (including phenoxy) is 1. The third-order valence-electron chi connectivity index (χ3n) is 3.73. The second-order valence-corrected chi connectivity index (χ2v) is 4.85. The van der Waals surface area contributed by atoms with Crippen molar-refractivity contribution in [2.24, 2.45) is 0 Å². The lowest BCUT2D eigenvalue weighted by atomic mass is 10.0. The van der Waals surface area contributed by atoms with E-state index in [1.54, 1.807) is 13.8 Å². The first kappa shape index (κ1) is 14.6. The minimum atomic E-state index is -0.421. The molecule has 0 saturated carbocycles. The van der Waals surface area contributed by atoms with Crippen LogP contribution in [-0.2, 0) is 17.8 Å². The van der Waals surface area contributed by atoms with Crippen LogP contribution in [0.25, 0.3) is 0 Å². The lowest BCUT2D eigenvalue weighted by molar-refractivity contribution is 0.0336. The highest BCUT2D eigenvalue weighted by Gasteiger charge is 2.21. The Morgan fingerprint density at radius 2 is 2.05 bits per heavy atom. The molecular weight excluding hydrogens is 258 g/mol. The van der Waals surface area contributed by atoms with Crippen LogP contribution in [0.3, 0.4) is 0 Å². The van der Waals surface area contributed by atoms with Crippen molar-refractivity contribution in [3.8, 4) is 11.9 Å². The maximum atomic E-state index is 12.1. The summed E-state index contributed by atoms with van der Waals surface area (Å²) in [4.78, 5) is 14.2. The average Bonchev–Trinajstić information content (AvgIpc) is 2.46. The zero-order valence-corrected chi connectivity index (χ0v) is 11.8. The summed E-state index contributed by atoms with van der Waals surface area (Å²) in [5, 5.41) is 19.5. The molecule has 1 aliphatic rings. The van der Waals surface area contributed by atoms with E-state index in [-0.39, 0.29) is 11.4 Å². The third-order valence-corrected chi connectivity index (χ3v) is 3.73. The summed E-state index contributed by atoms with van der Waals surface area (Å²) < 4.78 is 6.55. The van der Waals surface area contributed by atoms with Crippen LogP contribution in [0.1, 0.15) is 23.6 Å². The fraction of sp³-hybridized carbons (Fsp3) is 0.571. The van der Waals surface area contributed by atoms with Gasteiger partial charge in [0.1, 0.15) is 11.6 Å². The Balaban J connectivity index is 2.46. The van der Waals surface area contributed by atoms with Gasteiger partial charge in [0.15, 0.2) is 5.88 Å². The van der Waals surface area contributed by atoms with Gasteiger partial charge in [-0.05, 0) is 19.4 Å². The minimum absolute atomic E-state index is 0.0273. The van der Waals surface area contributed by atoms with Crippen molar-refractivity contribution in [2.45, 2.75) is 26.9 Å². The van der Waals surface area contributed by atoms with Crippen LogP contribution in [0.5, 0.6) is 5.88 Å². The number of hydrogen-bond acceptors (Lipinski definition) is 5. The van der Waals surface area contributed by atoms with E-state index in [1.165, 1.54) is 4.57 Å². The summed E-state index contributed by atoms with van der Waals surface area (Å²) in [5.74, 6) is -0.0273. The van der Waals surface area contributed by atoms with Crippen molar-refractivity contribution in [3.63, 3.8) is 0 Å². The number of rotatable bonds is 3. The largest absolute Gasteiger partial charge is 0.494 e. The van der Waals surface area contributed by atoms with E-state index in [2.05, 4.69) is 4.90 Å². The Bertz CT molecular complexity index is 595. The SMILES string of the molecule is CCn1c(O)c(CN2CCOCC2)c(C)c(C#N)c1=O. The van der Waals surface area contributed by atoms with Gasteiger partial charge in [0.2, 0.25) is 0 Å². The molecule has 108 valence electrons. The quantitative estimate of drug-likeness (QED) is 0.874. The maximum Gasteiger partial charge on any atom is 0.271 e. The first-order chi connectivity index (χ1) is 9.60. The molecule has 1 N–H and O–H groups in total. The van der Waals surface area contributed by atoms with Gasteiger partial charge < -0.3 is 9.84 Å². The normalized spacial score (nSPS) is 16.1. The van der Waals surface area contributed by atoms with Gasteiger partial charge in [-0.2, -0.15) is 5.26 Å². The summed E-state index contributed by atoms with van der Waals surface area (Å²) in [7, 11) is 0. The van der Waals surface area contributed by atoms with Crippen molar-refractivity contribution >= 4 is 0 Å². The molecule has 1 aliphatic heterocycles. The van der Waals surface area contributed by atoms with Crippen LogP contribution >= 0.6 is 0 Å².